The predicted molar refractivity (Wildman–Crippen MR) is 61.6 cm³/mol. The SMILES string of the molecule is COC1CCC(NC(=O)C2(O)CCOCC2)C1. The second-order valence-electron chi connectivity index (χ2n) is 4.99. The zero-order chi connectivity index (χ0) is 12.3. The van der Waals surface area contributed by atoms with Crippen LogP contribution >= 0.6 is 0 Å². The Morgan fingerprint density at radius 2 is 2.12 bits per heavy atom. The minimum Gasteiger partial charge on any atom is -0.381 e. The number of methoxy groups -OCH3 is 1. The summed E-state index contributed by atoms with van der Waals surface area (Å²) >= 11 is 0. The molecule has 0 aromatic rings. The Balaban J connectivity index is 1.84. The number of amides is 1. The van der Waals surface area contributed by atoms with Crippen LogP contribution in [0.4, 0.5) is 0 Å². The van der Waals surface area contributed by atoms with Gasteiger partial charge in [-0.25, -0.2) is 0 Å². The van der Waals surface area contributed by atoms with E-state index in [1.807, 2.05) is 0 Å². The third-order valence-electron chi connectivity index (χ3n) is 3.80. The smallest absolute Gasteiger partial charge is 0.252 e. The van der Waals surface area contributed by atoms with Crippen LogP contribution in [0.1, 0.15) is 32.1 Å². The fourth-order valence-corrected chi connectivity index (χ4v) is 2.54. The minimum atomic E-state index is -1.23. The molecule has 2 fully saturated rings. The third kappa shape index (κ3) is 2.97. The molecular formula is C12H21NO4. The molecule has 1 aliphatic heterocycles. The highest BCUT2D eigenvalue weighted by molar-refractivity contribution is 5.85. The number of ether oxygens (including phenoxy) is 2. The monoisotopic (exact) mass is 243 g/mol. The largest absolute Gasteiger partial charge is 0.381 e. The van der Waals surface area contributed by atoms with Crippen molar-refractivity contribution in [3.63, 3.8) is 0 Å². The molecule has 1 saturated carbocycles. The Hall–Kier alpha value is -0.650. The first-order valence-electron chi connectivity index (χ1n) is 6.28. The molecule has 0 spiro atoms. The van der Waals surface area contributed by atoms with E-state index < -0.39 is 5.60 Å². The molecule has 5 heteroatoms. The molecular weight excluding hydrogens is 222 g/mol. The topological polar surface area (TPSA) is 67.8 Å². The lowest BCUT2D eigenvalue weighted by atomic mass is 9.93. The van der Waals surface area contributed by atoms with Gasteiger partial charge in [0.25, 0.3) is 5.91 Å². The summed E-state index contributed by atoms with van der Waals surface area (Å²) in [6.07, 6.45) is 3.76. The van der Waals surface area contributed by atoms with Crippen molar-refractivity contribution in [3.05, 3.63) is 0 Å². The molecule has 1 amide bonds. The second-order valence-corrected chi connectivity index (χ2v) is 4.99. The van der Waals surface area contributed by atoms with E-state index in [0.717, 1.165) is 19.3 Å². The van der Waals surface area contributed by atoms with Crippen molar-refractivity contribution in [1.29, 1.82) is 0 Å². The molecule has 98 valence electrons. The van der Waals surface area contributed by atoms with Gasteiger partial charge in [-0.2, -0.15) is 0 Å². The molecule has 0 aromatic heterocycles. The lowest BCUT2D eigenvalue weighted by molar-refractivity contribution is -0.150. The van der Waals surface area contributed by atoms with Crippen molar-refractivity contribution >= 4 is 5.91 Å². The maximum absolute atomic E-state index is 12.0. The maximum atomic E-state index is 12.0. The summed E-state index contributed by atoms with van der Waals surface area (Å²) in [5, 5.41) is 13.1. The lowest BCUT2D eigenvalue weighted by Crippen LogP contribution is -2.52. The molecule has 1 saturated heterocycles. The summed E-state index contributed by atoms with van der Waals surface area (Å²) in [5.41, 5.74) is -1.23. The number of hydrogen-bond acceptors (Lipinski definition) is 4. The zero-order valence-electron chi connectivity index (χ0n) is 10.3. The van der Waals surface area contributed by atoms with Crippen LogP contribution < -0.4 is 5.32 Å². The number of aliphatic hydroxyl groups is 1. The van der Waals surface area contributed by atoms with Gasteiger partial charge in [-0.15, -0.1) is 0 Å². The quantitative estimate of drug-likeness (QED) is 0.743. The van der Waals surface area contributed by atoms with Crippen molar-refractivity contribution in [2.75, 3.05) is 20.3 Å². The van der Waals surface area contributed by atoms with Gasteiger partial charge in [0.2, 0.25) is 0 Å². The third-order valence-corrected chi connectivity index (χ3v) is 3.80. The Morgan fingerprint density at radius 3 is 2.71 bits per heavy atom. The van der Waals surface area contributed by atoms with Crippen molar-refractivity contribution in [2.24, 2.45) is 0 Å². The second kappa shape index (κ2) is 5.33. The first kappa shape index (κ1) is 12.8. The standard InChI is InChI=1S/C12H21NO4/c1-16-10-3-2-9(8-10)13-11(14)12(15)4-6-17-7-5-12/h9-10,15H,2-8H2,1H3,(H,13,14). The van der Waals surface area contributed by atoms with Gasteiger partial charge in [0.1, 0.15) is 5.60 Å². The summed E-state index contributed by atoms with van der Waals surface area (Å²) < 4.78 is 10.4. The average molecular weight is 243 g/mol. The molecule has 2 rings (SSSR count). The summed E-state index contributed by atoms with van der Waals surface area (Å²) in [7, 11) is 1.70. The van der Waals surface area contributed by atoms with Crippen LogP contribution in [-0.4, -0.2) is 49.1 Å². The molecule has 17 heavy (non-hydrogen) atoms. The van der Waals surface area contributed by atoms with Crippen molar-refractivity contribution in [2.45, 2.75) is 49.9 Å². The molecule has 0 radical (unpaired) electrons. The van der Waals surface area contributed by atoms with Crippen LogP contribution in [0.5, 0.6) is 0 Å². The van der Waals surface area contributed by atoms with Gasteiger partial charge in [-0.3, -0.25) is 4.79 Å². The highest BCUT2D eigenvalue weighted by atomic mass is 16.5. The molecule has 0 bridgehead atoms. The van der Waals surface area contributed by atoms with Crippen LogP contribution in [0.25, 0.3) is 0 Å². The molecule has 2 atom stereocenters. The first-order valence-corrected chi connectivity index (χ1v) is 6.28. The molecule has 2 unspecified atom stereocenters. The number of nitrogens with one attached hydrogen (secondary N) is 1. The van der Waals surface area contributed by atoms with Gasteiger partial charge in [0, 0.05) is 39.2 Å². The molecule has 2 aliphatic rings. The summed E-state index contributed by atoms with van der Waals surface area (Å²) in [6, 6.07) is 0.138. The summed E-state index contributed by atoms with van der Waals surface area (Å²) in [5.74, 6) is -0.248. The highest BCUT2D eigenvalue weighted by Crippen LogP contribution is 2.24. The number of carbonyl (C=O) groups is 1. The zero-order valence-corrected chi connectivity index (χ0v) is 10.3. The van der Waals surface area contributed by atoms with Crippen molar-refractivity contribution in [1.82, 2.24) is 5.32 Å². The van der Waals surface area contributed by atoms with E-state index in [9.17, 15) is 9.90 Å². The van der Waals surface area contributed by atoms with E-state index >= 15 is 0 Å². The van der Waals surface area contributed by atoms with Gasteiger partial charge < -0.3 is 19.9 Å². The number of carbonyl (C=O) groups excluding carboxylic acids is 1. The van der Waals surface area contributed by atoms with Gasteiger partial charge in [-0.05, 0) is 19.3 Å². The Labute approximate surface area is 101 Å². The maximum Gasteiger partial charge on any atom is 0.252 e. The summed E-state index contributed by atoms with van der Waals surface area (Å²) in [6.45, 7) is 0.907. The van der Waals surface area contributed by atoms with Crippen molar-refractivity contribution < 1.29 is 19.4 Å². The molecule has 2 N–H and O–H groups in total. The van der Waals surface area contributed by atoms with E-state index in [-0.39, 0.29) is 18.1 Å². The Kier molecular flexibility index (Phi) is 4.01. The van der Waals surface area contributed by atoms with Gasteiger partial charge in [0.05, 0.1) is 6.10 Å². The van der Waals surface area contributed by atoms with E-state index in [4.69, 9.17) is 9.47 Å². The fourth-order valence-electron chi connectivity index (χ4n) is 2.54. The van der Waals surface area contributed by atoms with Gasteiger partial charge in [-0.1, -0.05) is 0 Å². The lowest BCUT2D eigenvalue weighted by Gasteiger charge is -2.31. The molecule has 0 aromatic carbocycles. The van der Waals surface area contributed by atoms with E-state index in [2.05, 4.69) is 5.32 Å². The highest BCUT2D eigenvalue weighted by Gasteiger charge is 2.39. The molecule has 1 heterocycles. The van der Waals surface area contributed by atoms with Gasteiger partial charge in [0.15, 0.2) is 0 Å². The van der Waals surface area contributed by atoms with Crippen LogP contribution in [0.3, 0.4) is 0 Å². The predicted octanol–water partition coefficient (Wildman–Crippen LogP) is 0.212. The summed E-state index contributed by atoms with van der Waals surface area (Å²) in [4.78, 5) is 12.0. The number of hydrogen-bond donors (Lipinski definition) is 2. The van der Waals surface area contributed by atoms with Crippen molar-refractivity contribution in [3.8, 4) is 0 Å². The normalized spacial score (nSPS) is 32.4. The van der Waals surface area contributed by atoms with Gasteiger partial charge >= 0.3 is 0 Å². The van der Waals surface area contributed by atoms with E-state index in [1.165, 1.54) is 0 Å². The molecule has 5 nitrogen and oxygen atoms in total. The fraction of sp³-hybridized carbons (Fsp3) is 0.917. The number of rotatable bonds is 3. The Morgan fingerprint density at radius 1 is 1.41 bits per heavy atom. The first-order chi connectivity index (χ1) is 8.14. The van der Waals surface area contributed by atoms with Crippen LogP contribution in [0.2, 0.25) is 0 Å². The Bertz CT molecular complexity index is 276. The van der Waals surface area contributed by atoms with E-state index in [1.54, 1.807) is 7.11 Å². The van der Waals surface area contributed by atoms with Crippen LogP contribution in [-0.2, 0) is 14.3 Å². The van der Waals surface area contributed by atoms with Crippen LogP contribution in [0.15, 0.2) is 0 Å². The minimum absolute atomic E-state index is 0.138. The average Bonchev–Trinajstić information content (AvgIpc) is 2.78. The van der Waals surface area contributed by atoms with Crippen LogP contribution in [0, 0.1) is 0 Å². The molecule has 1 aliphatic carbocycles. The van der Waals surface area contributed by atoms with E-state index in [0.29, 0.717) is 26.1 Å².